The third-order valence-electron chi connectivity index (χ3n) is 5.50. The molecule has 3 N–H and O–H groups in total. The molecule has 9 heteroatoms. The van der Waals surface area contributed by atoms with Crippen molar-refractivity contribution in [2.45, 2.75) is 63.8 Å². The zero-order chi connectivity index (χ0) is 19.9. The summed E-state index contributed by atoms with van der Waals surface area (Å²) in [6, 6.07) is 3.57. The molecule has 0 aliphatic carbocycles. The van der Waals surface area contributed by atoms with Crippen LogP contribution in [0.25, 0.3) is 0 Å². The van der Waals surface area contributed by atoms with Crippen molar-refractivity contribution in [2.24, 2.45) is 5.92 Å². The van der Waals surface area contributed by atoms with Gasteiger partial charge in [0, 0.05) is 12.1 Å². The molecule has 1 aliphatic rings. The van der Waals surface area contributed by atoms with Crippen LogP contribution in [0.2, 0.25) is 18.1 Å². The van der Waals surface area contributed by atoms with Crippen LogP contribution in [0.3, 0.4) is 0 Å². The maximum Gasteiger partial charge on any atom is 0.351 e. The van der Waals surface area contributed by atoms with Crippen LogP contribution < -0.4 is 11.4 Å². The zero-order valence-corrected chi connectivity index (χ0v) is 17.2. The van der Waals surface area contributed by atoms with Gasteiger partial charge >= 0.3 is 5.69 Å². The first-order valence-corrected chi connectivity index (χ1v) is 11.5. The van der Waals surface area contributed by atoms with Gasteiger partial charge in [0.25, 0.3) is 0 Å². The Labute approximate surface area is 154 Å². The summed E-state index contributed by atoms with van der Waals surface area (Å²) < 4.78 is 13.7. The molecule has 2 heterocycles. The molecule has 8 nitrogen and oxygen atoms in total. The molecular weight excluding hydrogens is 352 g/mol. The number of anilines is 1. The van der Waals surface area contributed by atoms with Crippen molar-refractivity contribution in [1.82, 2.24) is 9.55 Å². The summed E-state index contributed by atoms with van der Waals surface area (Å²) in [5.41, 5.74) is 3.44. The van der Waals surface area contributed by atoms with E-state index >= 15 is 0 Å². The first-order chi connectivity index (χ1) is 11.9. The molecule has 0 spiro atoms. The normalized spacial score (nSPS) is 29.5. The number of hydrogen-bond acceptors (Lipinski definition) is 7. The smallest absolute Gasteiger partial charge is 0.351 e. The van der Waals surface area contributed by atoms with Crippen LogP contribution in [0.5, 0.6) is 0 Å². The van der Waals surface area contributed by atoms with Crippen molar-refractivity contribution in [1.29, 1.82) is 5.26 Å². The zero-order valence-electron chi connectivity index (χ0n) is 16.2. The molecule has 0 radical (unpaired) electrons. The fourth-order valence-corrected chi connectivity index (χ4v) is 4.24. The maximum absolute atomic E-state index is 12.2. The number of ether oxygens (including phenoxy) is 1. The molecule has 0 saturated carbocycles. The first kappa shape index (κ1) is 20.6. The van der Waals surface area contributed by atoms with Gasteiger partial charge in [-0.25, -0.2) is 4.79 Å². The Balaban J connectivity index is 2.47. The predicted molar refractivity (Wildman–Crippen MR) is 99.7 cm³/mol. The highest BCUT2D eigenvalue weighted by Gasteiger charge is 2.58. The summed E-state index contributed by atoms with van der Waals surface area (Å²) in [6.45, 7) is 11.8. The molecule has 1 aliphatic heterocycles. The number of aliphatic hydroxyl groups excluding tert-OH is 1. The van der Waals surface area contributed by atoms with Crippen molar-refractivity contribution < 1.29 is 14.3 Å². The summed E-state index contributed by atoms with van der Waals surface area (Å²) >= 11 is 0. The predicted octanol–water partition coefficient (Wildman–Crippen LogP) is 1.64. The summed E-state index contributed by atoms with van der Waals surface area (Å²) in [7, 11) is -2.25. The fraction of sp³-hybridized carbons (Fsp3) is 0.706. The van der Waals surface area contributed by atoms with E-state index in [-0.39, 0.29) is 16.8 Å². The van der Waals surface area contributed by atoms with E-state index in [4.69, 9.17) is 14.9 Å². The van der Waals surface area contributed by atoms with Gasteiger partial charge in [0.1, 0.15) is 18.1 Å². The van der Waals surface area contributed by atoms with E-state index in [0.29, 0.717) is 0 Å². The number of hydrogen-bond donors (Lipinski definition) is 2. The van der Waals surface area contributed by atoms with E-state index in [9.17, 15) is 15.2 Å². The minimum Gasteiger partial charge on any atom is -0.409 e. The van der Waals surface area contributed by atoms with Crippen LogP contribution >= 0.6 is 0 Å². The Kier molecular flexibility index (Phi) is 5.36. The number of nitrogens with zero attached hydrogens (tertiary/aromatic N) is 3. The Morgan fingerprint density at radius 1 is 1.54 bits per heavy atom. The van der Waals surface area contributed by atoms with Gasteiger partial charge in [0.15, 0.2) is 8.32 Å². The monoisotopic (exact) mass is 380 g/mol. The highest BCUT2D eigenvalue weighted by Crippen LogP contribution is 2.46. The molecular formula is C17H28N4O4Si. The topological polar surface area (TPSA) is 123 Å². The Morgan fingerprint density at radius 2 is 2.15 bits per heavy atom. The van der Waals surface area contributed by atoms with Crippen LogP contribution in [0.1, 0.15) is 33.9 Å². The molecule has 4 unspecified atom stereocenters. The van der Waals surface area contributed by atoms with Gasteiger partial charge in [0.2, 0.25) is 5.60 Å². The summed E-state index contributed by atoms with van der Waals surface area (Å²) in [5, 5.41) is 19.6. The molecule has 1 aromatic rings. The van der Waals surface area contributed by atoms with Crippen molar-refractivity contribution >= 4 is 14.1 Å². The van der Waals surface area contributed by atoms with Crippen molar-refractivity contribution in [3.63, 3.8) is 0 Å². The number of nitrogen functional groups attached to an aromatic ring is 1. The van der Waals surface area contributed by atoms with Crippen molar-refractivity contribution in [2.75, 3.05) is 12.3 Å². The Morgan fingerprint density at radius 3 is 2.62 bits per heavy atom. The minimum atomic E-state index is -2.25. The van der Waals surface area contributed by atoms with E-state index < -0.39 is 38.5 Å². The van der Waals surface area contributed by atoms with Gasteiger partial charge in [-0.1, -0.05) is 27.7 Å². The van der Waals surface area contributed by atoms with Gasteiger partial charge < -0.3 is 20.0 Å². The molecule has 0 amide bonds. The van der Waals surface area contributed by atoms with Crippen LogP contribution in [-0.4, -0.2) is 41.3 Å². The number of rotatable bonds is 4. The number of nitriles is 1. The van der Waals surface area contributed by atoms with E-state index in [2.05, 4.69) is 44.9 Å². The lowest BCUT2D eigenvalue weighted by Gasteiger charge is -2.41. The second-order valence-electron chi connectivity index (χ2n) is 8.37. The first-order valence-electron chi connectivity index (χ1n) is 8.61. The quantitative estimate of drug-likeness (QED) is 0.761. The maximum atomic E-state index is 12.2. The van der Waals surface area contributed by atoms with Crippen LogP contribution in [0.15, 0.2) is 17.1 Å². The summed E-state index contributed by atoms with van der Waals surface area (Å²) in [6.07, 6.45) is 0.0325. The van der Waals surface area contributed by atoms with Gasteiger partial charge in [-0.2, -0.15) is 10.2 Å². The molecule has 4 atom stereocenters. The molecule has 1 aromatic heterocycles. The van der Waals surface area contributed by atoms with Crippen LogP contribution in [-0.2, 0) is 9.16 Å². The van der Waals surface area contributed by atoms with Crippen LogP contribution in [0, 0.1) is 17.2 Å². The van der Waals surface area contributed by atoms with Gasteiger partial charge in [-0.15, -0.1) is 0 Å². The fourth-order valence-electron chi connectivity index (χ4n) is 2.84. The van der Waals surface area contributed by atoms with Crippen LogP contribution in [0.4, 0.5) is 5.82 Å². The second kappa shape index (κ2) is 6.77. The van der Waals surface area contributed by atoms with E-state index in [1.807, 2.05) is 6.92 Å². The average Bonchev–Trinajstić information content (AvgIpc) is 2.80. The number of aliphatic hydroxyl groups is 1. The SMILES string of the molecule is CC1C(n2ccc(N)nc2=O)OC(C#N)(CO)C1O[Si](C)(C)C(C)(C)C. The summed E-state index contributed by atoms with van der Waals surface area (Å²) in [5.74, 6) is -0.237. The Hall–Kier alpha value is -1.73. The van der Waals surface area contributed by atoms with Gasteiger partial charge in [0.05, 0.1) is 12.7 Å². The molecule has 1 saturated heterocycles. The van der Waals surface area contributed by atoms with Gasteiger partial charge in [-0.05, 0) is 24.2 Å². The lowest BCUT2D eigenvalue weighted by Crippen LogP contribution is -2.53. The van der Waals surface area contributed by atoms with E-state index in [1.165, 1.54) is 16.8 Å². The summed E-state index contributed by atoms with van der Waals surface area (Å²) in [4.78, 5) is 15.9. The highest BCUT2D eigenvalue weighted by molar-refractivity contribution is 6.74. The standard InChI is InChI=1S/C17H28N4O4Si/c1-11-13(25-26(5,6)16(2,3)4)17(9-18,10-22)24-14(11)21-8-7-12(19)20-15(21)23/h7-8,11,13-14,22H,10H2,1-6H3,(H2,19,20,23). The molecule has 26 heavy (non-hydrogen) atoms. The number of aromatic nitrogens is 2. The molecule has 1 fully saturated rings. The largest absolute Gasteiger partial charge is 0.409 e. The average molecular weight is 381 g/mol. The Bertz CT molecular complexity index is 767. The number of nitrogens with two attached hydrogens (primary N) is 1. The lowest BCUT2D eigenvalue weighted by molar-refractivity contribution is -0.0909. The minimum absolute atomic E-state index is 0.0823. The highest BCUT2D eigenvalue weighted by atomic mass is 28.4. The second-order valence-corrected chi connectivity index (χ2v) is 13.1. The molecule has 0 bridgehead atoms. The van der Waals surface area contributed by atoms with E-state index in [0.717, 1.165) is 0 Å². The third-order valence-corrected chi connectivity index (χ3v) is 9.95. The third kappa shape index (κ3) is 3.42. The lowest BCUT2D eigenvalue weighted by atomic mass is 9.92. The van der Waals surface area contributed by atoms with Gasteiger partial charge in [-0.3, -0.25) is 4.57 Å². The molecule has 144 valence electrons. The van der Waals surface area contributed by atoms with Crippen molar-refractivity contribution in [3.8, 4) is 6.07 Å². The van der Waals surface area contributed by atoms with Crippen molar-refractivity contribution in [3.05, 3.63) is 22.7 Å². The molecule has 2 rings (SSSR count). The van der Waals surface area contributed by atoms with E-state index in [1.54, 1.807) is 0 Å². The molecule has 0 aromatic carbocycles.